The Kier molecular flexibility index (Phi) is 7.43. The van der Waals surface area contributed by atoms with Gasteiger partial charge in [0.1, 0.15) is 11.6 Å². The van der Waals surface area contributed by atoms with Crippen LogP contribution in [-0.2, 0) is 22.6 Å². The number of methoxy groups -OCH3 is 1. The number of nitrogens with zero attached hydrogens (tertiary/aromatic N) is 3. The number of carbonyl (C=O) groups excluding carboxylic acids is 2. The van der Waals surface area contributed by atoms with E-state index in [1.54, 1.807) is 24.1 Å². The minimum atomic E-state index is -0.657. The Balaban J connectivity index is 1.42. The number of hydrogen-bond acceptors (Lipinski definition) is 4. The number of aryl methyl sites for hydroxylation is 2. The van der Waals surface area contributed by atoms with Gasteiger partial charge < -0.3 is 15.0 Å². The highest BCUT2D eigenvalue weighted by molar-refractivity contribution is 5.80. The molecule has 0 aliphatic carbocycles. The second-order valence-electron chi connectivity index (χ2n) is 9.72. The Bertz CT molecular complexity index is 1270. The lowest BCUT2D eigenvalue weighted by molar-refractivity contribution is -0.131. The summed E-state index contributed by atoms with van der Waals surface area (Å²) in [7, 11) is 3.31. The van der Waals surface area contributed by atoms with Crippen LogP contribution in [0.4, 0.5) is 4.39 Å². The van der Waals surface area contributed by atoms with Crippen molar-refractivity contribution in [2.75, 3.05) is 14.2 Å². The first-order valence-corrected chi connectivity index (χ1v) is 12.2. The molecule has 0 spiro atoms. The van der Waals surface area contributed by atoms with Gasteiger partial charge in [-0.15, -0.1) is 0 Å². The summed E-state index contributed by atoms with van der Waals surface area (Å²) in [6.45, 7) is 4.43. The summed E-state index contributed by atoms with van der Waals surface area (Å²) in [5.41, 5.74) is 3.76. The van der Waals surface area contributed by atoms with Gasteiger partial charge in [-0.2, -0.15) is 5.10 Å². The summed E-state index contributed by atoms with van der Waals surface area (Å²) in [4.78, 5) is 26.9. The molecule has 1 fully saturated rings. The van der Waals surface area contributed by atoms with E-state index in [-0.39, 0.29) is 24.1 Å². The number of ether oxygens (including phenoxy) is 1. The van der Waals surface area contributed by atoms with Crippen LogP contribution < -0.4 is 10.1 Å². The lowest BCUT2D eigenvalue weighted by atomic mass is 9.84. The Morgan fingerprint density at radius 3 is 2.69 bits per heavy atom. The van der Waals surface area contributed by atoms with Crippen molar-refractivity contribution in [2.45, 2.75) is 58.0 Å². The van der Waals surface area contributed by atoms with Crippen LogP contribution in [0, 0.1) is 19.7 Å². The highest BCUT2D eigenvalue weighted by atomic mass is 19.1. The van der Waals surface area contributed by atoms with E-state index < -0.39 is 5.54 Å². The maximum absolute atomic E-state index is 14.5. The highest BCUT2D eigenvalue weighted by Gasteiger charge is 2.38. The van der Waals surface area contributed by atoms with Crippen molar-refractivity contribution in [2.24, 2.45) is 0 Å². The van der Waals surface area contributed by atoms with Crippen molar-refractivity contribution >= 4 is 11.8 Å². The van der Waals surface area contributed by atoms with E-state index in [0.29, 0.717) is 43.5 Å². The summed E-state index contributed by atoms with van der Waals surface area (Å²) in [5, 5.41) is 7.57. The summed E-state index contributed by atoms with van der Waals surface area (Å²) in [6.07, 6.45) is 1.92. The molecule has 7 nitrogen and oxygen atoms in total. The van der Waals surface area contributed by atoms with E-state index in [1.807, 2.05) is 48.9 Å². The number of aromatic nitrogens is 2. The molecule has 36 heavy (non-hydrogen) atoms. The van der Waals surface area contributed by atoms with Crippen molar-refractivity contribution < 1.29 is 18.7 Å². The van der Waals surface area contributed by atoms with Gasteiger partial charge in [-0.1, -0.05) is 12.1 Å². The molecule has 190 valence electrons. The van der Waals surface area contributed by atoms with Gasteiger partial charge in [-0.25, -0.2) is 9.07 Å². The largest absolute Gasteiger partial charge is 0.497 e. The first kappa shape index (κ1) is 25.4. The van der Waals surface area contributed by atoms with E-state index in [9.17, 15) is 14.0 Å². The molecule has 1 aromatic heterocycles. The fourth-order valence-corrected chi connectivity index (χ4v) is 4.94. The van der Waals surface area contributed by atoms with Crippen LogP contribution in [0.5, 0.6) is 5.75 Å². The lowest BCUT2D eigenvalue weighted by Crippen LogP contribution is -2.44. The Morgan fingerprint density at radius 1 is 1.22 bits per heavy atom. The number of amides is 2. The molecule has 1 aliphatic heterocycles. The number of nitrogens with one attached hydrogen (secondary N) is 1. The van der Waals surface area contributed by atoms with Crippen molar-refractivity contribution in [3.05, 3.63) is 76.9 Å². The van der Waals surface area contributed by atoms with Gasteiger partial charge in [0.05, 0.1) is 18.5 Å². The molecule has 1 N–H and O–H groups in total. The summed E-state index contributed by atoms with van der Waals surface area (Å²) >= 11 is 0. The number of carbonyl (C=O) groups is 2. The number of halogens is 1. The van der Waals surface area contributed by atoms with Crippen molar-refractivity contribution in [3.63, 3.8) is 0 Å². The number of benzene rings is 2. The Morgan fingerprint density at radius 2 is 2.03 bits per heavy atom. The van der Waals surface area contributed by atoms with Gasteiger partial charge in [0.2, 0.25) is 11.8 Å². The molecule has 0 radical (unpaired) electrons. The molecular weight excluding hydrogens is 459 g/mol. The highest BCUT2D eigenvalue weighted by Crippen LogP contribution is 2.32. The molecule has 1 aliphatic rings. The maximum atomic E-state index is 14.5. The number of rotatable bonds is 9. The predicted octanol–water partition coefficient (Wildman–Crippen LogP) is 4.27. The first-order valence-electron chi connectivity index (χ1n) is 12.2. The molecule has 2 heterocycles. The summed E-state index contributed by atoms with van der Waals surface area (Å²) in [6, 6.07) is 14.6. The fourth-order valence-electron chi connectivity index (χ4n) is 4.94. The van der Waals surface area contributed by atoms with Crippen LogP contribution in [0.1, 0.15) is 48.2 Å². The van der Waals surface area contributed by atoms with Gasteiger partial charge in [0, 0.05) is 37.7 Å². The van der Waals surface area contributed by atoms with Crippen LogP contribution in [0.3, 0.4) is 0 Å². The smallest absolute Gasteiger partial charge is 0.222 e. The molecule has 0 unspecified atom stereocenters. The van der Waals surface area contributed by atoms with Crippen LogP contribution >= 0.6 is 0 Å². The van der Waals surface area contributed by atoms with Crippen molar-refractivity contribution in [1.82, 2.24) is 20.0 Å². The fraction of sp³-hybridized carbons (Fsp3) is 0.393. The van der Waals surface area contributed by atoms with Gasteiger partial charge in [0.25, 0.3) is 0 Å². The van der Waals surface area contributed by atoms with E-state index in [2.05, 4.69) is 10.4 Å². The average Bonchev–Trinajstić information content (AvgIpc) is 3.39. The topological polar surface area (TPSA) is 76.5 Å². The molecule has 4 rings (SSSR count). The zero-order chi connectivity index (χ0) is 25.9. The minimum Gasteiger partial charge on any atom is -0.497 e. The second-order valence-corrected chi connectivity index (χ2v) is 9.72. The molecule has 3 aromatic rings. The van der Waals surface area contributed by atoms with E-state index in [1.165, 1.54) is 13.2 Å². The van der Waals surface area contributed by atoms with Crippen LogP contribution in [0.25, 0.3) is 5.69 Å². The zero-order valence-corrected chi connectivity index (χ0v) is 21.3. The molecule has 1 atom stereocenters. The van der Waals surface area contributed by atoms with Crippen molar-refractivity contribution in [1.29, 1.82) is 0 Å². The molecule has 0 bridgehead atoms. The monoisotopic (exact) mass is 492 g/mol. The van der Waals surface area contributed by atoms with Gasteiger partial charge in [-0.05, 0) is 80.6 Å². The molecule has 1 saturated heterocycles. The van der Waals surface area contributed by atoms with Gasteiger partial charge in [0.15, 0.2) is 0 Å². The third-order valence-corrected chi connectivity index (χ3v) is 6.84. The third-order valence-electron chi connectivity index (χ3n) is 6.84. The van der Waals surface area contributed by atoms with Gasteiger partial charge in [-0.3, -0.25) is 9.59 Å². The number of hydrogen-bond donors (Lipinski definition) is 1. The SMILES string of the molecule is COc1ccc(F)c(C[C@]2(CCC(=O)N(C)Cc3cccc(-n4nc(C)cc4C)c3)CCC(=O)N2)c1. The zero-order valence-electron chi connectivity index (χ0n) is 21.3. The summed E-state index contributed by atoms with van der Waals surface area (Å²) in [5.74, 6) is 0.116. The van der Waals surface area contributed by atoms with Crippen LogP contribution in [0.2, 0.25) is 0 Å². The predicted molar refractivity (Wildman–Crippen MR) is 136 cm³/mol. The molecule has 0 saturated carbocycles. The third kappa shape index (κ3) is 5.75. The average molecular weight is 493 g/mol. The molecule has 2 amide bonds. The standard InChI is InChI=1S/C28H33FN4O3/c1-19-14-20(2)33(31-19)23-7-5-6-21(15-23)18-32(3)27(35)11-13-28(12-10-26(34)30-28)17-22-16-24(36-4)8-9-25(22)29/h5-9,14-16H,10-13,17-18H2,1-4H3,(H,30,34)/t28-/m1/s1. The Labute approximate surface area is 211 Å². The van der Waals surface area contributed by atoms with Crippen LogP contribution in [-0.4, -0.2) is 46.2 Å². The first-order chi connectivity index (χ1) is 17.2. The summed E-state index contributed by atoms with van der Waals surface area (Å²) < 4.78 is 21.7. The minimum absolute atomic E-state index is 0.0295. The molecule has 2 aromatic carbocycles. The quantitative estimate of drug-likeness (QED) is 0.484. The van der Waals surface area contributed by atoms with E-state index in [4.69, 9.17) is 4.74 Å². The van der Waals surface area contributed by atoms with E-state index in [0.717, 1.165) is 22.6 Å². The molecule has 8 heteroatoms. The lowest BCUT2D eigenvalue weighted by Gasteiger charge is -2.30. The Hall–Kier alpha value is -3.68. The molecular formula is C28H33FN4O3. The van der Waals surface area contributed by atoms with E-state index >= 15 is 0 Å². The second kappa shape index (κ2) is 10.5. The van der Waals surface area contributed by atoms with Gasteiger partial charge >= 0.3 is 0 Å². The normalized spacial score (nSPS) is 17.2. The maximum Gasteiger partial charge on any atom is 0.222 e. The van der Waals surface area contributed by atoms with Crippen LogP contribution in [0.15, 0.2) is 48.5 Å². The van der Waals surface area contributed by atoms with Crippen molar-refractivity contribution in [3.8, 4) is 11.4 Å².